The van der Waals surface area contributed by atoms with Crippen molar-refractivity contribution in [3.05, 3.63) is 35.6 Å². The molecular weight excluding hydrogens is 293 g/mol. The Bertz CT molecular complexity index is 551. The van der Waals surface area contributed by atoms with Crippen molar-refractivity contribution in [1.82, 2.24) is 15.8 Å². The fourth-order valence-corrected chi connectivity index (χ4v) is 3.86. The molecule has 126 valence electrons. The van der Waals surface area contributed by atoms with Crippen molar-refractivity contribution in [2.45, 2.75) is 51.1 Å². The largest absolute Gasteiger partial charge is 0.335 e. The number of hydrazine groups is 1. The average Bonchev–Trinajstić information content (AvgIpc) is 3.03. The minimum Gasteiger partial charge on any atom is -0.335 e. The number of nitrogens with zero attached hydrogens (tertiary/aromatic N) is 1. The number of likely N-dealkylation sites (tertiary alicyclic amines) is 1. The van der Waals surface area contributed by atoms with Gasteiger partial charge < -0.3 is 4.90 Å². The van der Waals surface area contributed by atoms with Crippen molar-refractivity contribution in [2.24, 2.45) is 5.92 Å². The van der Waals surface area contributed by atoms with Crippen LogP contribution in [0.15, 0.2) is 24.3 Å². The van der Waals surface area contributed by atoms with E-state index in [9.17, 15) is 9.18 Å². The Balaban J connectivity index is 1.79. The summed E-state index contributed by atoms with van der Waals surface area (Å²) in [6.07, 6.45) is 5.08. The minimum atomic E-state index is -0.228. The van der Waals surface area contributed by atoms with Gasteiger partial charge in [0.1, 0.15) is 5.82 Å². The number of rotatable bonds is 4. The predicted octanol–water partition coefficient (Wildman–Crippen LogP) is 2.77. The summed E-state index contributed by atoms with van der Waals surface area (Å²) in [6.45, 7) is 3.59. The normalized spacial score (nSPS) is 28.1. The molecule has 1 aromatic carbocycles. The van der Waals surface area contributed by atoms with Gasteiger partial charge in [-0.05, 0) is 43.4 Å². The highest BCUT2D eigenvalue weighted by molar-refractivity contribution is 5.80. The maximum absolute atomic E-state index is 13.6. The van der Waals surface area contributed by atoms with E-state index in [2.05, 4.69) is 17.8 Å². The van der Waals surface area contributed by atoms with E-state index in [-0.39, 0.29) is 29.7 Å². The number of carbonyl (C=O) groups is 1. The standard InChI is InChI=1S/C18H26FN3O/c1-2-6-16-15(12-20-21-16)18(23)22-10-4-3-9-17(22)13-7-5-8-14(19)11-13/h5,7-8,11,15-17,20-21H,2-4,6,9-10,12H2,1H3. The maximum Gasteiger partial charge on any atom is 0.229 e. The second-order valence-corrected chi connectivity index (χ2v) is 6.63. The number of amides is 1. The zero-order valence-corrected chi connectivity index (χ0v) is 13.7. The summed E-state index contributed by atoms with van der Waals surface area (Å²) in [5.74, 6) is -0.0486. The molecule has 1 amide bonds. The fraction of sp³-hybridized carbons (Fsp3) is 0.611. The second-order valence-electron chi connectivity index (χ2n) is 6.63. The van der Waals surface area contributed by atoms with Crippen LogP contribution in [0.3, 0.4) is 0 Å². The predicted molar refractivity (Wildman–Crippen MR) is 88.0 cm³/mol. The number of nitrogens with one attached hydrogen (secondary N) is 2. The molecule has 0 bridgehead atoms. The Kier molecular flexibility index (Phi) is 5.28. The molecule has 2 aliphatic rings. The van der Waals surface area contributed by atoms with Crippen molar-refractivity contribution < 1.29 is 9.18 Å². The minimum absolute atomic E-state index is 0.00910. The molecule has 4 nitrogen and oxygen atoms in total. The fourth-order valence-electron chi connectivity index (χ4n) is 3.86. The van der Waals surface area contributed by atoms with E-state index in [1.54, 1.807) is 12.1 Å². The van der Waals surface area contributed by atoms with E-state index in [0.29, 0.717) is 6.54 Å². The highest BCUT2D eigenvalue weighted by Gasteiger charge is 2.38. The first-order valence-electron chi connectivity index (χ1n) is 8.75. The number of piperidine rings is 1. The van der Waals surface area contributed by atoms with Gasteiger partial charge in [-0.15, -0.1) is 0 Å². The van der Waals surface area contributed by atoms with Gasteiger partial charge in [0.15, 0.2) is 0 Å². The molecule has 0 radical (unpaired) electrons. The number of hydrogen-bond donors (Lipinski definition) is 2. The lowest BCUT2D eigenvalue weighted by molar-refractivity contribution is -0.139. The van der Waals surface area contributed by atoms with Gasteiger partial charge in [-0.2, -0.15) is 0 Å². The summed E-state index contributed by atoms with van der Waals surface area (Å²) in [7, 11) is 0. The zero-order valence-electron chi connectivity index (χ0n) is 13.7. The van der Waals surface area contributed by atoms with Gasteiger partial charge in [0.25, 0.3) is 0 Å². The van der Waals surface area contributed by atoms with Gasteiger partial charge in [-0.1, -0.05) is 25.5 Å². The van der Waals surface area contributed by atoms with Crippen LogP contribution in [-0.4, -0.2) is 29.9 Å². The van der Waals surface area contributed by atoms with Crippen LogP contribution < -0.4 is 10.9 Å². The molecule has 2 saturated heterocycles. The Hall–Kier alpha value is -1.46. The molecule has 3 unspecified atom stereocenters. The van der Waals surface area contributed by atoms with Gasteiger partial charge in [-0.25, -0.2) is 4.39 Å². The highest BCUT2D eigenvalue weighted by Crippen LogP contribution is 2.33. The van der Waals surface area contributed by atoms with Gasteiger partial charge in [0, 0.05) is 19.1 Å². The lowest BCUT2D eigenvalue weighted by atomic mass is 9.91. The van der Waals surface area contributed by atoms with Crippen LogP contribution in [0, 0.1) is 11.7 Å². The molecule has 23 heavy (non-hydrogen) atoms. The van der Waals surface area contributed by atoms with Crippen molar-refractivity contribution in [3.8, 4) is 0 Å². The molecule has 2 aliphatic heterocycles. The molecular formula is C18H26FN3O. The third-order valence-corrected chi connectivity index (χ3v) is 5.03. The zero-order chi connectivity index (χ0) is 16.2. The first-order valence-corrected chi connectivity index (χ1v) is 8.75. The summed E-state index contributed by atoms with van der Waals surface area (Å²) >= 11 is 0. The van der Waals surface area contributed by atoms with Crippen molar-refractivity contribution in [1.29, 1.82) is 0 Å². The van der Waals surface area contributed by atoms with Gasteiger partial charge in [0.05, 0.1) is 12.0 Å². The Labute approximate surface area is 137 Å². The lowest BCUT2D eigenvalue weighted by Crippen LogP contribution is -2.45. The number of hydrogen-bond acceptors (Lipinski definition) is 3. The van der Waals surface area contributed by atoms with E-state index in [1.165, 1.54) is 6.07 Å². The van der Waals surface area contributed by atoms with Crippen LogP contribution in [-0.2, 0) is 4.79 Å². The van der Waals surface area contributed by atoms with Crippen LogP contribution in [0.2, 0.25) is 0 Å². The number of benzene rings is 1. The smallest absolute Gasteiger partial charge is 0.229 e. The summed E-state index contributed by atoms with van der Waals surface area (Å²) in [4.78, 5) is 15.1. The third-order valence-electron chi connectivity index (χ3n) is 5.03. The molecule has 5 heteroatoms. The van der Waals surface area contributed by atoms with Crippen LogP contribution in [0.1, 0.15) is 50.6 Å². The Morgan fingerprint density at radius 2 is 2.26 bits per heavy atom. The summed E-state index contributed by atoms with van der Waals surface area (Å²) in [5.41, 5.74) is 7.29. The van der Waals surface area contributed by atoms with Crippen molar-refractivity contribution in [3.63, 3.8) is 0 Å². The molecule has 2 fully saturated rings. The third kappa shape index (κ3) is 3.56. The van der Waals surface area contributed by atoms with E-state index in [4.69, 9.17) is 0 Å². The van der Waals surface area contributed by atoms with E-state index in [0.717, 1.165) is 44.2 Å². The van der Waals surface area contributed by atoms with Crippen molar-refractivity contribution in [2.75, 3.05) is 13.1 Å². The van der Waals surface area contributed by atoms with E-state index < -0.39 is 0 Å². The second kappa shape index (κ2) is 7.41. The van der Waals surface area contributed by atoms with E-state index in [1.807, 2.05) is 11.0 Å². The van der Waals surface area contributed by atoms with Gasteiger partial charge >= 0.3 is 0 Å². The van der Waals surface area contributed by atoms with E-state index >= 15 is 0 Å². The lowest BCUT2D eigenvalue weighted by Gasteiger charge is -2.38. The SMILES string of the molecule is CCCC1NNCC1C(=O)N1CCCCC1c1cccc(F)c1. The van der Waals surface area contributed by atoms with Crippen LogP contribution >= 0.6 is 0 Å². The summed E-state index contributed by atoms with van der Waals surface area (Å²) < 4.78 is 13.6. The molecule has 2 heterocycles. The van der Waals surface area contributed by atoms with Crippen LogP contribution in [0.5, 0.6) is 0 Å². The first-order chi connectivity index (χ1) is 11.2. The molecule has 3 atom stereocenters. The highest BCUT2D eigenvalue weighted by atomic mass is 19.1. The molecule has 3 rings (SSSR count). The molecule has 0 aliphatic carbocycles. The maximum atomic E-state index is 13.6. The topological polar surface area (TPSA) is 44.4 Å². The number of carbonyl (C=O) groups excluding carboxylic acids is 1. The first kappa shape index (κ1) is 16.4. The quantitative estimate of drug-likeness (QED) is 0.897. The van der Waals surface area contributed by atoms with Gasteiger partial charge in [-0.3, -0.25) is 15.6 Å². The Morgan fingerprint density at radius 1 is 1.39 bits per heavy atom. The average molecular weight is 319 g/mol. The summed E-state index contributed by atoms with van der Waals surface area (Å²) in [6, 6.07) is 6.91. The molecule has 1 aromatic rings. The van der Waals surface area contributed by atoms with Crippen LogP contribution in [0.4, 0.5) is 4.39 Å². The molecule has 0 saturated carbocycles. The Morgan fingerprint density at radius 3 is 3.04 bits per heavy atom. The molecule has 2 N–H and O–H groups in total. The monoisotopic (exact) mass is 319 g/mol. The molecule has 0 spiro atoms. The molecule has 0 aromatic heterocycles. The summed E-state index contributed by atoms with van der Waals surface area (Å²) in [5, 5.41) is 0. The van der Waals surface area contributed by atoms with Crippen molar-refractivity contribution >= 4 is 5.91 Å². The van der Waals surface area contributed by atoms with Gasteiger partial charge in [0.2, 0.25) is 5.91 Å². The number of halogens is 1. The van der Waals surface area contributed by atoms with Crippen LogP contribution in [0.25, 0.3) is 0 Å².